The number of hydrogen-bond donors (Lipinski definition) is 0. The molecule has 128 valence electrons. The normalized spacial score (nSPS) is 11.0. The van der Waals surface area contributed by atoms with Gasteiger partial charge in [0.25, 0.3) is 0 Å². The number of nitrogens with zero attached hydrogens (tertiary/aromatic N) is 4. The van der Waals surface area contributed by atoms with Gasteiger partial charge in [-0.3, -0.25) is 4.79 Å². The Morgan fingerprint density at radius 1 is 1.00 bits per heavy atom. The van der Waals surface area contributed by atoms with Crippen LogP contribution in [0.15, 0.2) is 71.9 Å². The molecule has 7 heteroatoms. The average molecular weight is 364 g/mol. The predicted octanol–water partition coefficient (Wildman–Crippen LogP) is 3.93. The number of rotatable bonds is 5. The highest BCUT2D eigenvalue weighted by Crippen LogP contribution is 2.21. The summed E-state index contributed by atoms with van der Waals surface area (Å²) in [6.07, 6.45) is 0. The molecule has 0 radical (unpaired) electrons. The van der Waals surface area contributed by atoms with Crippen molar-refractivity contribution in [3.8, 4) is 5.69 Å². The average Bonchev–Trinajstić information content (AvgIpc) is 3.14. The molecule has 0 fully saturated rings. The summed E-state index contributed by atoms with van der Waals surface area (Å²) in [5, 5.41) is 14.0. The summed E-state index contributed by atoms with van der Waals surface area (Å²) < 4.78 is 14.8. The second kappa shape index (κ2) is 7.05. The predicted molar refractivity (Wildman–Crippen MR) is 98.1 cm³/mol. The first-order valence-electron chi connectivity index (χ1n) is 7.90. The molecule has 1 aromatic heterocycles. The topological polar surface area (TPSA) is 60.7 Å². The molecular formula is C19H13FN4OS. The molecule has 0 saturated heterocycles. The van der Waals surface area contributed by atoms with E-state index in [0.29, 0.717) is 16.4 Å². The molecule has 0 unspecified atom stereocenters. The minimum atomic E-state index is -0.374. The summed E-state index contributed by atoms with van der Waals surface area (Å²) in [7, 11) is 0. The quantitative estimate of drug-likeness (QED) is 0.397. The number of benzene rings is 3. The Bertz CT molecular complexity index is 1100. The van der Waals surface area contributed by atoms with E-state index in [2.05, 4.69) is 15.5 Å². The van der Waals surface area contributed by atoms with E-state index in [9.17, 15) is 9.18 Å². The smallest absolute Gasteiger partial charge is 0.214 e. The van der Waals surface area contributed by atoms with E-state index < -0.39 is 0 Å². The zero-order chi connectivity index (χ0) is 17.9. The molecule has 0 spiro atoms. The summed E-state index contributed by atoms with van der Waals surface area (Å²) in [6, 6.07) is 19.5. The van der Waals surface area contributed by atoms with Crippen LogP contribution >= 0.6 is 11.8 Å². The van der Waals surface area contributed by atoms with Crippen molar-refractivity contribution in [2.45, 2.75) is 5.16 Å². The molecule has 0 saturated carbocycles. The van der Waals surface area contributed by atoms with E-state index in [1.54, 1.807) is 12.1 Å². The number of thioether (sulfide) groups is 1. The second-order valence-electron chi connectivity index (χ2n) is 5.63. The third-order valence-electron chi connectivity index (χ3n) is 3.90. The number of tetrazole rings is 1. The molecule has 4 aromatic rings. The summed E-state index contributed by atoms with van der Waals surface area (Å²) in [4.78, 5) is 12.5. The molecule has 26 heavy (non-hydrogen) atoms. The fraction of sp³-hybridized carbons (Fsp3) is 0.0526. The maximum absolute atomic E-state index is 13.4. The van der Waals surface area contributed by atoms with Crippen LogP contribution in [-0.4, -0.2) is 31.7 Å². The lowest BCUT2D eigenvalue weighted by Gasteiger charge is -2.05. The minimum absolute atomic E-state index is 0.0189. The van der Waals surface area contributed by atoms with Gasteiger partial charge in [0.05, 0.1) is 11.4 Å². The monoisotopic (exact) mass is 364 g/mol. The lowest BCUT2D eigenvalue weighted by atomic mass is 10.1. The van der Waals surface area contributed by atoms with Gasteiger partial charge < -0.3 is 0 Å². The third-order valence-corrected chi connectivity index (χ3v) is 4.82. The van der Waals surface area contributed by atoms with Crippen LogP contribution in [0.3, 0.4) is 0 Å². The van der Waals surface area contributed by atoms with Crippen molar-refractivity contribution in [3.05, 3.63) is 78.1 Å². The van der Waals surface area contributed by atoms with Gasteiger partial charge in [0, 0.05) is 5.56 Å². The highest BCUT2D eigenvalue weighted by atomic mass is 32.2. The van der Waals surface area contributed by atoms with Gasteiger partial charge in [0.1, 0.15) is 5.82 Å². The van der Waals surface area contributed by atoms with Crippen LogP contribution in [-0.2, 0) is 0 Å². The van der Waals surface area contributed by atoms with Crippen LogP contribution in [0.25, 0.3) is 16.5 Å². The van der Waals surface area contributed by atoms with Crippen LogP contribution in [0.5, 0.6) is 0 Å². The van der Waals surface area contributed by atoms with Gasteiger partial charge in [0.15, 0.2) is 5.78 Å². The van der Waals surface area contributed by atoms with Gasteiger partial charge in [-0.05, 0) is 45.5 Å². The van der Waals surface area contributed by atoms with Gasteiger partial charge in [-0.2, -0.15) is 4.68 Å². The Hall–Kier alpha value is -3.06. The maximum Gasteiger partial charge on any atom is 0.214 e. The molecular weight excluding hydrogens is 351 g/mol. The van der Waals surface area contributed by atoms with Crippen LogP contribution in [0.4, 0.5) is 4.39 Å². The summed E-state index contributed by atoms with van der Waals surface area (Å²) >= 11 is 1.22. The SMILES string of the molecule is O=C(CSc1nnnn1-c1cccc(F)c1)c1ccc2ccccc2c1. The lowest BCUT2D eigenvalue weighted by molar-refractivity contribution is 0.102. The van der Waals surface area contributed by atoms with E-state index in [1.807, 2.05) is 42.5 Å². The fourth-order valence-corrected chi connectivity index (χ4v) is 3.40. The number of halogens is 1. The van der Waals surface area contributed by atoms with E-state index >= 15 is 0 Å². The molecule has 0 bridgehead atoms. The summed E-state index contributed by atoms with van der Waals surface area (Å²) in [5.41, 5.74) is 1.15. The van der Waals surface area contributed by atoms with Crippen LogP contribution < -0.4 is 0 Å². The molecule has 0 aliphatic carbocycles. The zero-order valence-corrected chi connectivity index (χ0v) is 14.4. The first-order valence-corrected chi connectivity index (χ1v) is 8.88. The Labute approximate surface area is 152 Å². The largest absolute Gasteiger partial charge is 0.293 e. The first-order chi connectivity index (χ1) is 12.7. The molecule has 5 nitrogen and oxygen atoms in total. The zero-order valence-electron chi connectivity index (χ0n) is 13.5. The number of carbonyl (C=O) groups excluding carboxylic acids is 1. The highest BCUT2D eigenvalue weighted by molar-refractivity contribution is 7.99. The molecule has 0 aliphatic heterocycles. The molecule has 0 aliphatic rings. The minimum Gasteiger partial charge on any atom is -0.293 e. The van der Waals surface area contributed by atoms with Crippen molar-refractivity contribution in [2.75, 3.05) is 5.75 Å². The van der Waals surface area contributed by atoms with Gasteiger partial charge in [-0.15, -0.1) is 5.10 Å². The first kappa shape index (κ1) is 16.4. The van der Waals surface area contributed by atoms with Gasteiger partial charge >= 0.3 is 0 Å². The maximum atomic E-state index is 13.4. The third kappa shape index (κ3) is 3.34. The fourth-order valence-electron chi connectivity index (χ4n) is 2.62. The summed E-state index contributed by atoms with van der Waals surface area (Å²) in [5.74, 6) is -0.204. The van der Waals surface area contributed by atoms with E-state index in [1.165, 1.54) is 28.6 Å². The van der Waals surface area contributed by atoms with Crippen molar-refractivity contribution in [1.29, 1.82) is 0 Å². The molecule has 3 aromatic carbocycles. The van der Waals surface area contributed by atoms with Crippen LogP contribution in [0.1, 0.15) is 10.4 Å². The van der Waals surface area contributed by atoms with Gasteiger partial charge in [-0.1, -0.05) is 54.2 Å². The molecule has 4 rings (SSSR count). The summed E-state index contributed by atoms with van der Waals surface area (Å²) in [6.45, 7) is 0. The number of Topliss-reactive ketones (excluding diaryl/α,β-unsaturated/α-hetero) is 1. The Kier molecular flexibility index (Phi) is 4.45. The van der Waals surface area contributed by atoms with E-state index in [-0.39, 0.29) is 17.4 Å². The Balaban J connectivity index is 1.52. The molecule has 0 N–H and O–H groups in total. The highest BCUT2D eigenvalue weighted by Gasteiger charge is 2.13. The molecule has 0 atom stereocenters. The van der Waals surface area contributed by atoms with Crippen LogP contribution in [0, 0.1) is 5.82 Å². The van der Waals surface area contributed by atoms with Crippen molar-refractivity contribution in [2.24, 2.45) is 0 Å². The number of hydrogen-bond acceptors (Lipinski definition) is 5. The van der Waals surface area contributed by atoms with Crippen molar-refractivity contribution in [3.63, 3.8) is 0 Å². The number of ketones is 1. The number of fused-ring (bicyclic) bond motifs is 1. The molecule has 1 heterocycles. The second-order valence-corrected chi connectivity index (χ2v) is 6.57. The van der Waals surface area contributed by atoms with Gasteiger partial charge in [-0.25, -0.2) is 4.39 Å². The standard InChI is InChI=1S/C19H13FN4OS/c20-16-6-3-7-17(11-16)24-19(21-22-23-24)26-12-18(25)15-9-8-13-4-1-2-5-14(13)10-15/h1-11H,12H2. The van der Waals surface area contributed by atoms with E-state index in [0.717, 1.165) is 10.8 Å². The number of aromatic nitrogens is 4. The molecule has 0 amide bonds. The van der Waals surface area contributed by atoms with E-state index in [4.69, 9.17) is 0 Å². The van der Waals surface area contributed by atoms with Crippen molar-refractivity contribution < 1.29 is 9.18 Å². The van der Waals surface area contributed by atoms with Gasteiger partial charge in [0.2, 0.25) is 5.16 Å². The van der Waals surface area contributed by atoms with Crippen molar-refractivity contribution in [1.82, 2.24) is 20.2 Å². The Morgan fingerprint density at radius 2 is 1.85 bits per heavy atom. The lowest BCUT2D eigenvalue weighted by Crippen LogP contribution is -2.05. The van der Waals surface area contributed by atoms with Crippen LogP contribution in [0.2, 0.25) is 0 Å². The number of carbonyl (C=O) groups is 1. The van der Waals surface area contributed by atoms with Crippen molar-refractivity contribution >= 4 is 28.3 Å². The Morgan fingerprint density at radius 3 is 2.69 bits per heavy atom.